The number of aromatic amines is 1. The molecule has 3 aromatic heterocycles. The van der Waals surface area contributed by atoms with Gasteiger partial charge in [-0.15, -0.1) is 22.7 Å². The van der Waals surface area contributed by atoms with Gasteiger partial charge in [-0.25, -0.2) is 4.98 Å². The lowest BCUT2D eigenvalue weighted by atomic mass is 10.2. The summed E-state index contributed by atoms with van der Waals surface area (Å²) in [5.74, 6) is 0.867. The van der Waals surface area contributed by atoms with Crippen molar-refractivity contribution in [1.82, 2.24) is 9.97 Å². The van der Waals surface area contributed by atoms with Crippen molar-refractivity contribution in [3.05, 3.63) is 72.9 Å². The maximum atomic E-state index is 12.6. The lowest BCUT2D eigenvalue weighted by Gasteiger charge is -2.05. The number of thiophene rings is 2. The zero-order valence-corrected chi connectivity index (χ0v) is 15.7. The Balaban J connectivity index is 1.58. The first-order chi connectivity index (χ1) is 13.0. The molecule has 4 rings (SSSR count). The van der Waals surface area contributed by atoms with Crippen molar-refractivity contribution < 1.29 is 9.66 Å². The van der Waals surface area contributed by atoms with Crippen LogP contribution in [0, 0.1) is 17.0 Å². The molecule has 0 amide bonds. The highest BCUT2D eigenvalue weighted by Crippen LogP contribution is 2.35. The standard InChI is InChI=1S/C18H13N3O4S2/c1-10-2-7-14(27-10)13-9-26-18-16(13)17(22)19-15(20-18)8-25-12-5-3-11(4-6-12)21(23)24/h2-7,9H,8H2,1H3,(H,19,20,22). The van der Waals surface area contributed by atoms with Gasteiger partial charge in [0, 0.05) is 32.8 Å². The van der Waals surface area contributed by atoms with Crippen LogP contribution in [0.1, 0.15) is 10.7 Å². The molecule has 0 unspecified atom stereocenters. The summed E-state index contributed by atoms with van der Waals surface area (Å²) in [6, 6.07) is 9.78. The predicted octanol–water partition coefficient (Wildman–Crippen LogP) is 4.51. The maximum absolute atomic E-state index is 12.6. The number of non-ortho nitro benzene ring substituents is 1. The number of nitro benzene ring substituents is 1. The number of rotatable bonds is 5. The first-order valence-electron chi connectivity index (χ1n) is 7.96. The molecule has 0 aliphatic heterocycles. The molecule has 0 saturated carbocycles. The van der Waals surface area contributed by atoms with Crippen molar-refractivity contribution in [3.63, 3.8) is 0 Å². The molecule has 0 aliphatic rings. The number of nitrogens with one attached hydrogen (secondary N) is 1. The first kappa shape index (κ1) is 17.4. The summed E-state index contributed by atoms with van der Waals surface area (Å²) in [6.07, 6.45) is 0. The van der Waals surface area contributed by atoms with Crippen LogP contribution in [0.4, 0.5) is 5.69 Å². The van der Waals surface area contributed by atoms with Gasteiger partial charge in [-0.2, -0.15) is 0 Å². The van der Waals surface area contributed by atoms with Crippen LogP contribution in [0.2, 0.25) is 0 Å². The van der Waals surface area contributed by atoms with Crippen LogP contribution < -0.4 is 10.3 Å². The second-order valence-corrected chi connectivity index (χ2v) is 7.94. The Bertz CT molecular complexity index is 1190. The van der Waals surface area contributed by atoms with E-state index in [9.17, 15) is 14.9 Å². The monoisotopic (exact) mass is 399 g/mol. The van der Waals surface area contributed by atoms with Gasteiger partial charge >= 0.3 is 0 Å². The third-order valence-corrected chi connectivity index (χ3v) is 5.83. The van der Waals surface area contributed by atoms with E-state index in [0.717, 1.165) is 10.4 Å². The molecule has 0 aliphatic carbocycles. The molecule has 27 heavy (non-hydrogen) atoms. The van der Waals surface area contributed by atoms with Gasteiger partial charge in [-0.05, 0) is 31.2 Å². The highest BCUT2D eigenvalue weighted by atomic mass is 32.1. The third kappa shape index (κ3) is 3.46. The number of H-pyrrole nitrogens is 1. The fourth-order valence-electron chi connectivity index (χ4n) is 2.64. The fourth-order valence-corrected chi connectivity index (χ4v) is 4.56. The summed E-state index contributed by atoms with van der Waals surface area (Å²) in [6.45, 7) is 2.09. The number of benzene rings is 1. The van der Waals surface area contributed by atoms with E-state index in [4.69, 9.17) is 4.74 Å². The smallest absolute Gasteiger partial charge is 0.269 e. The molecule has 4 aromatic rings. The van der Waals surface area contributed by atoms with Crippen molar-refractivity contribution in [3.8, 4) is 16.2 Å². The average molecular weight is 399 g/mol. The average Bonchev–Trinajstić information content (AvgIpc) is 3.26. The molecule has 7 nitrogen and oxygen atoms in total. The van der Waals surface area contributed by atoms with Crippen LogP contribution in [-0.2, 0) is 6.61 Å². The van der Waals surface area contributed by atoms with E-state index in [0.29, 0.717) is 21.8 Å². The first-order valence-corrected chi connectivity index (χ1v) is 9.65. The molecule has 0 spiro atoms. The number of aromatic nitrogens is 2. The van der Waals surface area contributed by atoms with Crippen LogP contribution in [0.5, 0.6) is 5.75 Å². The zero-order valence-electron chi connectivity index (χ0n) is 14.1. The summed E-state index contributed by atoms with van der Waals surface area (Å²) >= 11 is 3.06. The SMILES string of the molecule is Cc1ccc(-c2csc3nc(COc4ccc([N+](=O)[O-])cc4)[nH]c(=O)c23)s1. The quantitative estimate of drug-likeness (QED) is 0.393. The van der Waals surface area contributed by atoms with E-state index in [1.54, 1.807) is 11.3 Å². The highest BCUT2D eigenvalue weighted by Gasteiger charge is 2.14. The van der Waals surface area contributed by atoms with E-state index >= 15 is 0 Å². The molecule has 0 atom stereocenters. The normalized spacial score (nSPS) is 11.0. The summed E-state index contributed by atoms with van der Waals surface area (Å²) in [5.41, 5.74) is 0.680. The lowest BCUT2D eigenvalue weighted by Crippen LogP contribution is -2.13. The van der Waals surface area contributed by atoms with E-state index < -0.39 is 4.92 Å². The van der Waals surface area contributed by atoms with Gasteiger partial charge < -0.3 is 9.72 Å². The van der Waals surface area contributed by atoms with Crippen molar-refractivity contribution in [2.24, 2.45) is 0 Å². The number of hydrogen-bond donors (Lipinski definition) is 1. The second-order valence-electron chi connectivity index (χ2n) is 5.79. The molecular formula is C18H13N3O4S2. The Morgan fingerprint density at radius 2 is 2.00 bits per heavy atom. The third-order valence-electron chi connectivity index (χ3n) is 3.92. The van der Waals surface area contributed by atoms with Crippen molar-refractivity contribution >= 4 is 38.6 Å². The van der Waals surface area contributed by atoms with E-state index in [2.05, 4.69) is 9.97 Å². The molecule has 1 N–H and O–H groups in total. The molecule has 0 bridgehead atoms. The minimum Gasteiger partial charge on any atom is -0.486 e. The Labute approximate surface area is 161 Å². The van der Waals surface area contributed by atoms with Gasteiger partial charge in [-0.1, -0.05) is 0 Å². The Morgan fingerprint density at radius 3 is 2.67 bits per heavy atom. The molecule has 0 radical (unpaired) electrons. The summed E-state index contributed by atoms with van der Waals surface area (Å²) in [5, 5.41) is 13.2. The zero-order chi connectivity index (χ0) is 19.0. The second kappa shape index (κ2) is 6.93. The highest BCUT2D eigenvalue weighted by molar-refractivity contribution is 7.19. The van der Waals surface area contributed by atoms with Gasteiger partial charge in [0.25, 0.3) is 11.2 Å². The Morgan fingerprint density at radius 1 is 1.22 bits per heavy atom. The lowest BCUT2D eigenvalue weighted by molar-refractivity contribution is -0.384. The van der Waals surface area contributed by atoms with Gasteiger partial charge in [0.2, 0.25) is 0 Å². The van der Waals surface area contributed by atoms with Crippen LogP contribution >= 0.6 is 22.7 Å². The number of nitrogens with zero attached hydrogens (tertiary/aromatic N) is 2. The number of ether oxygens (including phenoxy) is 1. The van der Waals surface area contributed by atoms with Crippen LogP contribution in [0.15, 0.2) is 46.6 Å². The van der Waals surface area contributed by atoms with E-state index in [-0.39, 0.29) is 17.9 Å². The van der Waals surface area contributed by atoms with Crippen LogP contribution in [0.25, 0.3) is 20.7 Å². The number of fused-ring (bicyclic) bond motifs is 1. The molecule has 136 valence electrons. The van der Waals surface area contributed by atoms with Gasteiger partial charge in [0.1, 0.15) is 23.0 Å². The largest absolute Gasteiger partial charge is 0.486 e. The van der Waals surface area contributed by atoms with Crippen molar-refractivity contribution in [2.45, 2.75) is 13.5 Å². The van der Waals surface area contributed by atoms with Crippen LogP contribution in [-0.4, -0.2) is 14.9 Å². The number of aryl methyl sites for hydroxylation is 1. The molecule has 3 heterocycles. The Hall–Kier alpha value is -3.04. The topological polar surface area (TPSA) is 98.1 Å². The molecule has 1 aromatic carbocycles. The molecule has 0 fully saturated rings. The van der Waals surface area contributed by atoms with E-state index in [1.165, 1.54) is 40.5 Å². The number of nitro groups is 1. The van der Waals surface area contributed by atoms with Crippen LogP contribution in [0.3, 0.4) is 0 Å². The van der Waals surface area contributed by atoms with Gasteiger partial charge in [0.15, 0.2) is 0 Å². The van der Waals surface area contributed by atoms with Crippen molar-refractivity contribution in [1.29, 1.82) is 0 Å². The predicted molar refractivity (Wildman–Crippen MR) is 106 cm³/mol. The summed E-state index contributed by atoms with van der Waals surface area (Å²) in [7, 11) is 0. The summed E-state index contributed by atoms with van der Waals surface area (Å²) < 4.78 is 5.58. The summed E-state index contributed by atoms with van der Waals surface area (Å²) in [4.78, 5) is 32.9. The van der Waals surface area contributed by atoms with Gasteiger partial charge in [0.05, 0.1) is 10.3 Å². The minimum absolute atomic E-state index is 0.00905. The Kier molecular flexibility index (Phi) is 4.46. The maximum Gasteiger partial charge on any atom is 0.269 e. The molecular weight excluding hydrogens is 386 g/mol. The minimum atomic E-state index is -0.472. The van der Waals surface area contributed by atoms with Gasteiger partial charge in [-0.3, -0.25) is 14.9 Å². The van der Waals surface area contributed by atoms with Crippen molar-refractivity contribution in [2.75, 3.05) is 0 Å². The number of hydrogen-bond acceptors (Lipinski definition) is 7. The molecule has 0 saturated heterocycles. The molecule has 9 heteroatoms. The van der Waals surface area contributed by atoms with E-state index in [1.807, 2.05) is 24.4 Å². The fraction of sp³-hybridized carbons (Fsp3) is 0.111.